The van der Waals surface area contributed by atoms with Crippen LogP contribution >= 0.6 is 0 Å². The Balaban J connectivity index is 1.97. The first kappa shape index (κ1) is 13.4. The highest BCUT2D eigenvalue weighted by Gasteiger charge is 2.33. The average molecular weight is 269 g/mol. The molecule has 1 atom stereocenters. The van der Waals surface area contributed by atoms with Crippen LogP contribution in [0.5, 0.6) is 0 Å². The van der Waals surface area contributed by atoms with Crippen LogP contribution in [0.3, 0.4) is 0 Å². The zero-order valence-corrected chi connectivity index (χ0v) is 12.6. The Bertz CT molecular complexity index is 575. The number of aromatic nitrogens is 2. The van der Waals surface area contributed by atoms with Gasteiger partial charge in [0.05, 0.1) is 6.33 Å². The van der Waals surface area contributed by atoms with Crippen LogP contribution in [0.2, 0.25) is 0 Å². The normalized spacial score (nSPS) is 22.6. The molecule has 0 amide bonds. The van der Waals surface area contributed by atoms with Gasteiger partial charge in [0.1, 0.15) is 0 Å². The summed E-state index contributed by atoms with van der Waals surface area (Å²) < 4.78 is 2.23. The van der Waals surface area contributed by atoms with Crippen molar-refractivity contribution in [3.8, 4) is 5.69 Å². The zero-order chi connectivity index (χ0) is 14.2. The van der Waals surface area contributed by atoms with Gasteiger partial charge < -0.3 is 9.88 Å². The fourth-order valence-corrected chi connectivity index (χ4v) is 3.00. The van der Waals surface area contributed by atoms with E-state index in [1.54, 1.807) is 0 Å². The van der Waals surface area contributed by atoms with Crippen molar-refractivity contribution in [1.29, 1.82) is 0 Å². The lowest BCUT2D eigenvalue weighted by Gasteiger charge is -2.24. The minimum absolute atomic E-state index is 0.188. The zero-order valence-electron chi connectivity index (χ0n) is 12.6. The molecule has 3 nitrogen and oxygen atoms in total. The van der Waals surface area contributed by atoms with Gasteiger partial charge in [0.2, 0.25) is 0 Å². The SMILES string of the molecule is CC(C)c1ccc(-n2cncc2C2(C)CCNC2)cc1. The second kappa shape index (κ2) is 5.06. The van der Waals surface area contributed by atoms with E-state index in [-0.39, 0.29) is 5.41 Å². The van der Waals surface area contributed by atoms with Crippen LogP contribution in [0.1, 0.15) is 44.4 Å². The van der Waals surface area contributed by atoms with Crippen molar-refractivity contribution in [3.63, 3.8) is 0 Å². The van der Waals surface area contributed by atoms with Gasteiger partial charge in [-0.2, -0.15) is 0 Å². The standard InChI is InChI=1S/C17H23N3/c1-13(2)14-4-6-15(7-5-14)20-12-19-10-16(20)17(3)8-9-18-11-17/h4-7,10,12-13,18H,8-9,11H2,1-3H3. The molecule has 1 fully saturated rings. The molecule has 0 saturated carbocycles. The Morgan fingerprint density at radius 3 is 2.60 bits per heavy atom. The smallest absolute Gasteiger partial charge is 0.0994 e. The largest absolute Gasteiger partial charge is 0.316 e. The molecule has 1 N–H and O–H groups in total. The van der Waals surface area contributed by atoms with E-state index < -0.39 is 0 Å². The number of nitrogens with one attached hydrogen (secondary N) is 1. The summed E-state index contributed by atoms with van der Waals surface area (Å²) in [5.41, 5.74) is 4.08. The molecule has 0 aliphatic carbocycles. The van der Waals surface area contributed by atoms with Gasteiger partial charge in [-0.25, -0.2) is 4.98 Å². The Morgan fingerprint density at radius 2 is 2.00 bits per heavy atom. The summed E-state index contributed by atoms with van der Waals surface area (Å²) in [7, 11) is 0. The molecule has 3 rings (SSSR count). The van der Waals surface area contributed by atoms with Gasteiger partial charge in [-0.1, -0.05) is 32.9 Å². The van der Waals surface area contributed by atoms with E-state index in [1.165, 1.54) is 23.4 Å². The molecule has 2 aromatic rings. The van der Waals surface area contributed by atoms with Crippen molar-refractivity contribution < 1.29 is 0 Å². The fourth-order valence-electron chi connectivity index (χ4n) is 3.00. The first-order valence-corrected chi connectivity index (χ1v) is 7.44. The molecule has 20 heavy (non-hydrogen) atoms. The monoisotopic (exact) mass is 269 g/mol. The minimum Gasteiger partial charge on any atom is -0.316 e. The van der Waals surface area contributed by atoms with Crippen LogP contribution in [0.4, 0.5) is 0 Å². The van der Waals surface area contributed by atoms with E-state index in [4.69, 9.17) is 0 Å². The number of rotatable bonds is 3. The first-order valence-electron chi connectivity index (χ1n) is 7.44. The molecule has 1 aliphatic rings. The summed E-state index contributed by atoms with van der Waals surface area (Å²) >= 11 is 0. The van der Waals surface area contributed by atoms with Gasteiger partial charge in [-0.3, -0.25) is 0 Å². The number of imidazole rings is 1. The highest BCUT2D eigenvalue weighted by molar-refractivity contribution is 5.39. The van der Waals surface area contributed by atoms with E-state index in [0.717, 1.165) is 13.1 Å². The van der Waals surface area contributed by atoms with Crippen LogP contribution in [0.25, 0.3) is 5.69 Å². The van der Waals surface area contributed by atoms with E-state index in [9.17, 15) is 0 Å². The van der Waals surface area contributed by atoms with Crippen molar-refractivity contribution in [1.82, 2.24) is 14.9 Å². The van der Waals surface area contributed by atoms with E-state index in [1.807, 2.05) is 12.5 Å². The third-order valence-electron chi connectivity index (χ3n) is 4.46. The summed E-state index contributed by atoms with van der Waals surface area (Å²) in [6, 6.07) is 8.84. The molecular weight excluding hydrogens is 246 g/mol. The van der Waals surface area contributed by atoms with Gasteiger partial charge in [-0.05, 0) is 36.6 Å². The molecule has 0 radical (unpaired) electrons. The molecule has 1 saturated heterocycles. The highest BCUT2D eigenvalue weighted by Crippen LogP contribution is 2.31. The number of benzene rings is 1. The maximum Gasteiger partial charge on any atom is 0.0994 e. The molecule has 106 valence electrons. The van der Waals surface area contributed by atoms with Gasteiger partial charge in [0.25, 0.3) is 0 Å². The van der Waals surface area contributed by atoms with Crippen LogP contribution in [0, 0.1) is 0 Å². The lowest BCUT2D eigenvalue weighted by atomic mass is 9.86. The second-order valence-electron chi connectivity index (χ2n) is 6.38. The predicted molar refractivity (Wildman–Crippen MR) is 82.5 cm³/mol. The van der Waals surface area contributed by atoms with Crippen molar-refractivity contribution in [2.45, 2.75) is 38.5 Å². The van der Waals surface area contributed by atoms with Crippen molar-refractivity contribution in [2.24, 2.45) is 0 Å². The number of nitrogens with zero attached hydrogens (tertiary/aromatic N) is 2. The maximum absolute atomic E-state index is 4.38. The second-order valence-corrected chi connectivity index (χ2v) is 6.38. The molecular formula is C17H23N3. The predicted octanol–water partition coefficient (Wildman–Crippen LogP) is 3.25. The van der Waals surface area contributed by atoms with Crippen molar-refractivity contribution in [3.05, 3.63) is 48.0 Å². The molecule has 1 aliphatic heterocycles. The molecule has 2 heterocycles. The Kier molecular flexibility index (Phi) is 3.38. The molecule has 3 heteroatoms. The van der Waals surface area contributed by atoms with Gasteiger partial charge in [0, 0.05) is 29.5 Å². The summed E-state index contributed by atoms with van der Waals surface area (Å²) in [6.07, 6.45) is 5.12. The summed E-state index contributed by atoms with van der Waals surface area (Å²) in [6.45, 7) is 8.89. The van der Waals surface area contributed by atoms with Gasteiger partial charge in [-0.15, -0.1) is 0 Å². The Hall–Kier alpha value is -1.61. The quantitative estimate of drug-likeness (QED) is 0.927. The van der Waals surface area contributed by atoms with Gasteiger partial charge in [0.15, 0.2) is 0 Å². The number of hydrogen-bond donors (Lipinski definition) is 1. The Labute approximate surface area is 121 Å². The fraction of sp³-hybridized carbons (Fsp3) is 0.471. The third-order valence-corrected chi connectivity index (χ3v) is 4.46. The van der Waals surface area contributed by atoms with Crippen LogP contribution in [0.15, 0.2) is 36.8 Å². The minimum atomic E-state index is 0.188. The molecule has 1 aromatic heterocycles. The van der Waals surface area contributed by atoms with Gasteiger partial charge >= 0.3 is 0 Å². The topological polar surface area (TPSA) is 29.9 Å². The van der Waals surface area contributed by atoms with Crippen LogP contribution in [-0.2, 0) is 5.41 Å². The van der Waals surface area contributed by atoms with Crippen LogP contribution in [-0.4, -0.2) is 22.6 Å². The third kappa shape index (κ3) is 2.27. The first-order chi connectivity index (χ1) is 9.60. The lowest BCUT2D eigenvalue weighted by Crippen LogP contribution is -2.27. The summed E-state index contributed by atoms with van der Waals surface area (Å²) in [5.74, 6) is 0.572. The average Bonchev–Trinajstić information content (AvgIpc) is 3.08. The summed E-state index contributed by atoms with van der Waals surface area (Å²) in [5, 5.41) is 3.46. The van der Waals surface area contributed by atoms with Crippen molar-refractivity contribution in [2.75, 3.05) is 13.1 Å². The molecule has 1 unspecified atom stereocenters. The highest BCUT2D eigenvalue weighted by atomic mass is 15.1. The number of hydrogen-bond acceptors (Lipinski definition) is 2. The van der Waals surface area contributed by atoms with E-state index >= 15 is 0 Å². The Morgan fingerprint density at radius 1 is 1.25 bits per heavy atom. The van der Waals surface area contributed by atoms with E-state index in [2.05, 4.69) is 59.9 Å². The molecule has 0 bridgehead atoms. The summed E-state index contributed by atoms with van der Waals surface area (Å²) in [4.78, 5) is 4.38. The van der Waals surface area contributed by atoms with Crippen LogP contribution < -0.4 is 5.32 Å². The molecule has 1 aromatic carbocycles. The molecule has 0 spiro atoms. The van der Waals surface area contributed by atoms with Crippen molar-refractivity contribution >= 4 is 0 Å². The van der Waals surface area contributed by atoms with E-state index in [0.29, 0.717) is 5.92 Å². The lowest BCUT2D eigenvalue weighted by molar-refractivity contribution is 0.499. The maximum atomic E-state index is 4.38.